The lowest BCUT2D eigenvalue weighted by molar-refractivity contribution is -0.136. The van der Waals surface area contributed by atoms with Gasteiger partial charge in [0.25, 0.3) is 0 Å². The Bertz CT molecular complexity index is 1060. The highest BCUT2D eigenvalue weighted by Gasteiger charge is 2.40. The average Bonchev–Trinajstić information content (AvgIpc) is 3.09. The number of likely N-dealkylation sites (tertiary alicyclic amines) is 1. The smallest absolute Gasteiger partial charge is 0.418 e. The van der Waals surface area contributed by atoms with Crippen molar-refractivity contribution in [3.05, 3.63) is 22.1 Å². The number of nitrogens with zero attached hydrogens (tertiary/aromatic N) is 2. The fourth-order valence-electron chi connectivity index (χ4n) is 3.47. The predicted octanol–water partition coefficient (Wildman–Crippen LogP) is 5.14. The Morgan fingerprint density at radius 2 is 1.91 bits per heavy atom. The summed E-state index contributed by atoms with van der Waals surface area (Å²) in [6.07, 6.45) is -8.22. The van der Waals surface area contributed by atoms with Crippen LogP contribution in [0.5, 0.6) is 5.88 Å². The van der Waals surface area contributed by atoms with Gasteiger partial charge in [0.15, 0.2) is 6.17 Å². The largest absolute Gasteiger partial charge is 0.471 e. The molecule has 1 aliphatic rings. The predicted molar refractivity (Wildman–Crippen MR) is 112 cm³/mol. The molecule has 0 unspecified atom stereocenters. The number of pyridine rings is 1. The molecule has 0 saturated carbocycles. The Balaban J connectivity index is 1.91. The van der Waals surface area contributed by atoms with E-state index < -0.39 is 47.6 Å². The van der Waals surface area contributed by atoms with Gasteiger partial charge in [-0.05, 0) is 27.7 Å². The molecule has 0 aromatic carbocycles. The van der Waals surface area contributed by atoms with E-state index in [1.807, 2.05) is 0 Å². The number of rotatable bonds is 3. The summed E-state index contributed by atoms with van der Waals surface area (Å²) in [6.45, 7) is 6.00. The van der Waals surface area contributed by atoms with E-state index in [0.717, 1.165) is 18.4 Å². The van der Waals surface area contributed by atoms with E-state index in [1.165, 1.54) is 17.2 Å². The number of amides is 1. The van der Waals surface area contributed by atoms with Crippen LogP contribution in [0.25, 0.3) is 10.2 Å². The second-order valence-corrected chi connectivity index (χ2v) is 9.50. The number of methoxy groups -OCH3 is 1. The van der Waals surface area contributed by atoms with Gasteiger partial charge >= 0.3 is 18.2 Å². The average molecular weight is 492 g/mol. The first-order chi connectivity index (χ1) is 15.2. The summed E-state index contributed by atoms with van der Waals surface area (Å²) in [5.74, 6) is -1.26. The Hall–Kier alpha value is -2.63. The van der Waals surface area contributed by atoms with Crippen LogP contribution in [-0.2, 0) is 15.7 Å². The maximum atomic E-state index is 14.9. The molecular formula is C21H24F4N2O5S. The third-order valence-electron chi connectivity index (χ3n) is 4.99. The van der Waals surface area contributed by atoms with Crippen molar-refractivity contribution < 1.29 is 41.4 Å². The third kappa shape index (κ3) is 5.31. The number of hydrogen-bond donors (Lipinski definition) is 0. The third-order valence-corrected chi connectivity index (χ3v) is 5.97. The Morgan fingerprint density at radius 3 is 2.45 bits per heavy atom. The van der Waals surface area contributed by atoms with Gasteiger partial charge in [0, 0.05) is 23.9 Å². The Labute approximate surface area is 191 Å². The lowest BCUT2D eigenvalue weighted by atomic mass is 10.1. The lowest BCUT2D eigenvalue weighted by Gasteiger charge is -2.35. The summed E-state index contributed by atoms with van der Waals surface area (Å²) in [6, 6.07) is 0. The zero-order chi connectivity index (χ0) is 24.7. The SMILES string of the molecule is COC(=O)c1csc2c(C(F)(F)F)c(C)c(O[C@@H]3CCN(C(=O)OC(C)(C)C)C[C@@H]3F)nc12. The molecule has 0 radical (unpaired) electrons. The van der Waals surface area contributed by atoms with Crippen molar-refractivity contribution in [2.75, 3.05) is 20.2 Å². The molecule has 182 valence electrons. The molecule has 3 rings (SSSR count). The van der Waals surface area contributed by atoms with Gasteiger partial charge in [0.2, 0.25) is 5.88 Å². The summed E-state index contributed by atoms with van der Waals surface area (Å²) < 4.78 is 71.7. The van der Waals surface area contributed by atoms with E-state index in [1.54, 1.807) is 20.8 Å². The summed E-state index contributed by atoms with van der Waals surface area (Å²) in [5.41, 5.74) is -2.41. The van der Waals surface area contributed by atoms with Crippen molar-refractivity contribution in [3.63, 3.8) is 0 Å². The highest BCUT2D eigenvalue weighted by atomic mass is 32.1. The number of esters is 1. The van der Waals surface area contributed by atoms with Crippen LogP contribution in [0.4, 0.5) is 22.4 Å². The van der Waals surface area contributed by atoms with Crippen molar-refractivity contribution in [1.82, 2.24) is 9.88 Å². The van der Waals surface area contributed by atoms with Crippen molar-refractivity contribution in [2.24, 2.45) is 0 Å². The highest BCUT2D eigenvalue weighted by Crippen LogP contribution is 2.43. The molecule has 1 amide bonds. The molecule has 1 aliphatic heterocycles. The van der Waals surface area contributed by atoms with Crippen LogP contribution in [0.3, 0.4) is 0 Å². The molecule has 0 N–H and O–H groups in total. The second kappa shape index (κ2) is 8.96. The van der Waals surface area contributed by atoms with Gasteiger partial charge in [-0.3, -0.25) is 0 Å². The van der Waals surface area contributed by atoms with E-state index >= 15 is 0 Å². The molecule has 0 aliphatic carbocycles. The number of thiophene rings is 1. The number of fused-ring (bicyclic) bond motifs is 1. The van der Waals surface area contributed by atoms with Gasteiger partial charge in [-0.25, -0.2) is 19.0 Å². The first-order valence-electron chi connectivity index (χ1n) is 10.1. The summed E-state index contributed by atoms with van der Waals surface area (Å²) in [5, 5.41) is 1.24. The Kier molecular flexibility index (Phi) is 6.79. The number of aromatic nitrogens is 1. The normalized spacial score (nSPS) is 19.5. The van der Waals surface area contributed by atoms with Crippen molar-refractivity contribution in [1.29, 1.82) is 0 Å². The monoisotopic (exact) mass is 492 g/mol. The van der Waals surface area contributed by atoms with Crippen LogP contribution in [0.15, 0.2) is 5.38 Å². The number of carbonyl (C=O) groups excluding carboxylic acids is 2. The van der Waals surface area contributed by atoms with Crippen LogP contribution >= 0.6 is 11.3 Å². The zero-order valence-electron chi connectivity index (χ0n) is 18.7. The summed E-state index contributed by atoms with van der Waals surface area (Å²) in [4.78, 5) is 29.5. The molecule has 33 heavy (non-hydrogen) atoms. The van der Waals surface area contributed by atoms with E-state index in [0.29, 0.717) is 0 Å². The van der Waals surface area contributed by atoms with Crippen molar-refractivity contribution in [3.8, 4) is 5.88 Å². The van der Waals surface area contributed by atoms with E-state index in [9.17, 15) is 27.2 Å². The van der Waals surface area contributed by atoms with Gasteiger partial charge in [0.1, 0.15) is 17.2 Å². The fraction of sp³-hybridized carbons (Fsp3) is 0.571. The minimum absolute atomic E-state index is 0.0222. The highest BCUT2D eigenvalue weighted by molar-refractivity contribution is 7.17. The number of ether oxygens (including phenoxy) is 3. The van der Waals surface area contributed by atoms with Gasteiger partial charge < -0.3 is 19.1 Å². The molecule has 1 saturated heterocycles. The van der Waals surface area contributed by atoms with Gasteiger partial charge in [0.05, 0.1) is 29.5 Å². The molecule has 0 spiro atoms. The minimum atomic E-state index is -4.75. The van der Waals surface area contributed by atoms with Crippen LogP contribution in [0.2, 0.25) is 0 Å². The van der Waals surface area contributed by atoms with Gasteiger partial charge in [-0.15, -0.1) is 11.3 Å². The molecule has 12 heteroatoms. The molecule has 2 atom stereocenters. The van der Waals surface area contributed by atoms with Crippen LogP contribution in [0, 0.1) is 6.92 Å². The lowest BCUT2D eigenvalue weighted by Crippen LogP contribution is -2.50. The number of alkyl halides is 4. The molecule has 3 heterocycles. The molecule has 1 fully saturated rings. The quantitative estimate of drug-likeness (QED) is 0.436. The molecular weight excluding hydrogens is 468 g/mol. The van der Waals surface area contributed by atoms with Crippen LogP contribution in [0.1, 0.15) is 48.7 Å². The number of halogens is 4. The number of carbonyl (C=O) groups is 2. The Morgan fingerprint density at radius 1 is 1.24 bits per heavy atom. The second-order valence-electron chi connectivity index (χ2n) is 8.62. The molecule has 2 aromatic rings. The topological polar surface area (TPSA) is 78.0 Å². The summed E-state index contributed by atoms with van der Waals surface area (Å²) in [7, 11) is 1.11. The number of piperidine rings is 1. The zero-order valence-corrected chi connectivity index (χ0v) is 19.5. The fourth-order valence-corrected chi connectivity index (χ4v) is 4.56. The van der Waals surface area contributed by atoms with E-state index in [4.69, 9.17) is 9.47 Å². The molecule has 7 nitrogen and oxygen atoms in total. The van der Waals surface area contributed by atoms with Gasteiger partial charge in [-0.1, -0.05) is 0 Å². The minimum Gasteiger partial charge on any atom is -0.471 e. The van der Waals surface area contributed by atoms with Crippen molar-refractivity contribution >= 4 is 33.6 Å². The summed E-state index contributed by atoms with van der Waals surface area (Å²) >= 11 is 0.717. The first kappa shape index (κ1) is 25.0. The maximum Gasteiger partial charge on any atom is 0.418 e. The first-order valence-corrected chi connectivity index (χ1v) is 11.0. The van der Waals surface area contributed by atoms with E-state index in [2.05, 4.69) is 9.72 Å². The molecule has 2 aromatic heterocycles. The maximum absolute atomic E-state index is 14.9. The molecule has 0 bridgehead atoms. The van der Waals surface area contributed by atoms with Crippen molar-refractivity contribution in [2.45, 2.75) is 58.2 Å². The van der Waals surface area contributed by atoms with Crippen LogP contribution in [-0.4, -0.2) is 60.0 Å². The number of hydrogen-bond acceptors (Lipinski definition) is 7. The van der Waals surface area contributed by atoms with Gasteiger partial charge in [-0.2, -0.15) is 13.2 Å². The van der Waals surface area contributed by atoms with E-state index in [-0.39, 0.29) is 40.9 Å². The van der Waals surface area contributed by atoms with Crippen LogP contribution < -0.4 is 4.74 Å². The standard InChI is InChI=1S/C21H24F4N2O5S/c1-10-14(21(23,24)25)16-15(11(9-33-16)18(28)30-5)26-17(10)31-13-6-7-27(8-12(13)22)19(29)32-20(2,3)4/h9,12-13H,6-8H2,1-5H3/t12-,13+/m0/s1.